The van der Waals surface area contributed by atoms with E-state index in [9.17, 15) is 18.0 Å². The minimum atomic E-state index is -4.61. The van der Waals surface area contributed by atoms with Crippen LogP contribution < -0.4 is 0 Å². The smallest absolute Gasteiger partial charge is 0.441 e. The molecule has 0 unspecified atom stereocenters. The van der Waals surface area contributed by atoms with Crippen molar-refractivity contribution in [3.8, 4) is 0 Å². The number of hydrogen-bond donors (Lipinski definition) is 0. The highest BCUT2D eigenvalue weighted by Crippen LogP contribution is 2.32. The zero-order valence-corrected chi connectivity index (χ0v) is 16.6. The van der Waals surface area contributed by atoms with Gasteiger partial charge in [0.15, 0.2) is 0 Å². The molecule has 0 radical (unpaired) electrons. The lowest BCUT2D eigenvalue weighted by Gasteiger charge is -2.43. The van der Waals surface area contributed by atoms with Crippen molar-refractivity contribution in [1.82, 2.24) is 24.7 Å². The van der Waals surface area contributed by atoms with Crippen LogP contribution in [0.3, 0.4) is 0 Å². The van der Waals surface area contributed by atoms with Crippen molar-refractivity contribution in [3.63, 3.8) is 0 Å². The average Bonchev–Trinajstić information content (AvgIpc) is 3.03. The van der Waals surface area contributed by atoms with Crippen LogP contribution in [0.4, 0.5) is 13.2 Å². The van der Waals surface area contributed by atoms with Gasteiger partial charge in [-0.2, -0.15) is 18.2 Å². The van der Waals surface area contributed by atoms with E-state index in [1.165, 1.54) is 25.5 Å². The SMILES string of the molecule is O=C(CN1CCc2c(oc3nc(C(F)(F)F)ncc23)C1)N1CCN(C2CCC2)CC1. The summed E-state index contributed by atoms with van der Waals surface area (Å²) in [5, 5.41) is 0.524. The molecule has 0 spiro atoms. The van der Waals surface area contributed by atoms with Crippen molar-refractivity contribution in [2.24, 2.45) is 0 Å². The van der Waals surface area contributed by atoms with Crippen molar-refractivity contribution in [2.45, 2.75) is 44.4 Å². The molecule has 4 heterocycles. The number of nitrogens with zero attached hydrogens (tertiary/aromatic N) is 5. The molecule has 5 rings (SSSR count). The van der Waals surface area contributed by atoms with Gasteiger partial charge in [-0.05, 0) is 19.3 Å². The van der Waals surface area contributed by atoms with Gasteiger partial charge in [0.2, 0.25) is 17.4 Å². The van der Waals surface area contributed by atoms with Crippen molar-refractivity contribution in [1.29, 1.82) is 0 Å². The maximum atomic E-state index is 12.9. The molecule has 3 aliphatic rings. The predicted octanol–water partition coefficient (Wildman–Crippen LogP) is 2.30. The number of halogens is 3. The zero-order chi connectivity index (χ0) is 20.9. The molecule has 1 saturated heterocycles. The van der Waals surface area contributed by atoms with Crippen LogP contribution in [0.2, 0.25) is 0 Å². The molecule has 2 aliphatic heterocycles. The molecule has 2 aromatic heterocycles. The Kier molecular flexibility index (Phi) is 4.93. The number of hydrogen-bond acceptors (Lipinski definition) is 6. The molecular weight excluding hydrogens is 399 g/mol. The van der Waals surface area contributed by atoms with Crippen LogP contribution in [0.15, 0.2) is 10.6 Å². The molecule has 2 fully saturated rings. The van der Waals surface area contributed by atoms with E-state index in [2.05, 4.69) is 14.9 Å². The summed E-state index contributed by atoms with van der Waals surface area (Å²) in [5.41, 5.74) is 0.805. The Morgan fingerprint density at radius 2 is 1.93 bits per heavy atom. The second-order valence-electron chi connectivity index (χ2n) is 8.38. The molecule has 162 valence electrons. The van der Waals surface area contributed by atoms with Crippen molar-refractivity contribution in [2.75, 3.05) is 39.3 Å². The summed E-state index contributed by atoms with van der Waals surface area (Å²) < 4.78 is 44.2. The third-order valence-electron chi connectivity index (χ3n) is 6.55. The second kappa shape index (κ2) is 7.49. The summed E-state index contributed by atoms with van der Waals surface area (Å²) >= 11 is 0. The molecule has 0 atom stereocenters. The van der Waals surface area contributed by atoms with Crippen LogP contribution in [-0.4, -0.2) is 75.9 Å². The molecule has 0 N–H and O–H groups in total. The van der Waals surface area contributed by atoms with Crippen molar-refractivity contribution < 1.29 is 22.4 Å². The number of aromatic nitrogens is 2. The largest absolute Gasteiger partial charge is 0.451 e. The summed E-state index contributed by atoms with van der Waals surface area (Å²) in [7, 11) is 0. The molecule has 30 heavy (non-hydrogen) atoms. The molecule has 10 heteroatoms. The first-order chi connectivity index (χ1) is 14.4. The third kappa shape index (κ3) is 3.66. The van der Waals surface area contributed by atoms with Gasteiger partial charge < -0.3 is 9.32 Å². The topological polar surface area (TPSA) is 65.7 Å². The average molecular weight is 423 g/mol. The van der Waals surface area contributed by atoms with Crippen LogP contribution in [0.1, 0.15) is 36.4 Å². The number of carbonyl (C=O) groups is 1. The fourth-order valence-corrected chi connectivity index (χ4v) is 4.58. The highest BCUT2D eigenvalue weighted by atomic mass is 19.4. The summed E-state index contributed by atoms with van der Waals surface area (Å²) in [4.78, 5) is 26.1. The van der Waals surface area contributed by atoms with E-state index in [4.69, 9.17) is 4.42 Å². The van der Waals surface area contributed by atoms with E-state index >= 15 is 0 Å². The van der Waals surface area contributed by atoms with Gasteiger partial charge in [0.25, 0.3) is 0 Å². The summed E-state index contributed by atoms with van der Waals surface area (Å²) in [6, 6.07) is 0.705. The minimum Gasteiger partial charge on any atom is -0.441 e. The standard InChI is InChI=1S/C20H24F3N5O2/c21-20(22,23)19-24-10-15-14-4-5-26(11-16(14)30-18(15)25-19)12-17(29)28-8-6-27(7-9-28)13-2-1-3-13/h10,13H,1-9,11-12H2. The monoisotopic (exact) mass is 423 g/mol. The molecule has 7 nitrogen and oxygen atoms in total. The Morgan fingerprint density at radius 1 is 1.17 bits per heavy atom. The fourth-order valence-electron chi connectivity index (χ4n) is 4.58. The van der Waals surface area contributed by atoms with E-state index < -0.39 is 12.0 Å². The maximum absolute atomic E-state index is 12.9. The highest BCUT2D eigenvalue weighted by molar-refractivity contribution is 5.80. The van der Waals surface area contributed by atoms with Gasteiger partial charge in [-0.3, -0.25) is 14.6 Å². The van der Waals surface area contributed by atoms with Crippen LogP contribution in [-0.2, 0) is 23.9 Å². The fraction of sp³-hybridized carbons (Fsp3) is 0.650. The number of piperazine rings is 1. The molecule has 1 saturated carbocycles. The lowest BCUT2D eigenvalue weighted by Crippen LogP contribution is -2.55. The quantitative estimate of drug-likeness (QED) is 0.755. The van der Waals surface area contributed by atoms with E-state index in [1.54, 1.807) is 0 Å². The Morgan fingerprint density at radius 3 is 2.60 bits per heavy atom. The zero-order valence-electron chi connectivity index (χ0n) is 16.6. The van der Waals surface area contributed by atoms with Gasteiger partial charge >= 0.3 is 6.18 Å². The minimum absolute atomic E-state index is 0.0392. The molecule has 0 bridgehead atoms. The van der Waals surface area contributed by atoms with Crippen LogP contribution in [0.5, 0.6) is 0 Å². The number of carbonyl (C=O) groups excluding carboxylic acids is 1. The van der Waals surface area contributed by atoms with Gasteiger partial charge in [0.1, 0.15) is 5.76 Å². The first-order valence-corrected chi connectivity index (χ1v) is 10.5. The van der Waals surface area contributed by atoms with Crippen molar-refractivity contribution in [3.05, 3.63) is 23.3 Å². The first-order valence-electron chi connectivity index (χ1n) is 10.5. The van der Waals surface area contributed by atoms with Gasteiger partial charge in [0, 0.05) is 50.5 Å². The lowest BCUT2D eigenvalue weighted by molar-refractivity contribution is -0.144. The third-order valence-corrected chi connectivity index (χ3v) is 6.55. The summed E-state index contributed by atoms with van der Waals surface area (Å²) in [6.45, 7) is 4.72. The molecule has 1 aliphatic carbocycles. The van der Waals surface area contributed by atoms with Crippen LogP contribution in [0.25, 0.3) is 11.1 Å². The Bertz CT molecular complexity index is 948. The van der Waals surface area contributed by atoms with Gasteiger partial charge in [-0.15, -0.1) is 0 Å². The number of fused-ring (bicyclic) bond motifs is 3. The molecule has 1 amide bonds. The predicted molar refractivity (Wildman–Crippen MR) is 102 cm³/mol. The van der Waals surface area contributed by atoms with Gasteiger partial charge in [-0.25, -0.2) is 4.98 Å². The Labute approximate surface area is 171 Å². The normalized spacial score (nSPS) is 21.6. The van der Waals surface area contributed by atoms with Crippen LogP contribution in [0, 0.1) is 0 Å². The number of furan rings is 1. The van der Waals surface area contributed by atoms with E-state index in [-0.39, 0.29) is 11.6 Å². The van der Waals surface area contributed by atoms with E-state index in [1.807, 2.05) is 9.80 Å². The van der Waals surface area contributed by atoms with E-state index in [0.29, 0.717) is 43.2 Å². The molecular formula is C20H24F3N5O2. The molecule has 0 aromatic carbocycles. The summed E-state index contributed by atoms with van der Waals surface area (Å²) in [6.07, 6.45) is 1.04. The maximum Gasteiger partial charge on any atom is 0.451 e. The number of rotatable bonds is 3. The lowest BCUT2D eigenvalue weighted by atomic mass is 9.91. The first kappa shape index (κ1) is 19.7. The van der Waals surface area contributed by atoms with Crippen molar-refractivity contribution >= 4 is 17.0 Å². The van der Waals surface area contributed by atoms with Gasteiger partial charge in [0.05, 0.1) is 18.5 Å². The number of alkyl halides is 3. The second-order valence-corrected chi connectivity index (χ2v) is 8.38. The van der Waals surface area contributed by atoms with Gasteiger partial charge in [-0.1, -0.05) is 6.42 Å². The summed E-state index contributed by atoms with van der Waals surface area (Å²) in [5.74, 6) is -0.524. The Hall–Kier alpha value is -2.20. The number of amides is 1. The van der Waals surface area contributed by atoms with E-state index in [0.717, 1.165) is 31.7 Å². The van der Waals surface area contributed by atoms with Crippen LogP contribution >= 0.6 is 0 Å². The molecule has 2 aromatic rings. The highest BCUT2D eigenvalue weighted by Gasteiger charge is 2.36. The Balaban J connectivity index is 1.22.